The molecule has 5 heteroatoms. The van der Waals surface area contributed by atoms with Gasteiger partial charge in [0.15, 0.2) is 0 Å². The Morgan fingerprint density at radius 2 is 1.79 bits per heavy atom. The fraction of sp³-hybridized carbons (Fsp3) is 0.429. The van der Waals surface area contributed by atoms with Crippen LogP contribution in [0.4, 0.5) is 0 Å². The van der Waals surface area contributed by atoms with E-state index >= 15 is 0 Å². The van der Waals surface area contributed by atoms with Gasteiger partial charge in [-0.3, -0.25) is 9.59 Å². The average molecular weight is 280 g/mol. The van der Waals surface area contributed by atoms with Crippen LogP contribution in [0.25, 0.3) is 0 Å². The molecule has 0 saturated carbocycles. The molecule has 0 unspecified atom stereocenters. The molecule has 104 valence electrons. The van der Waals surface area contributed by atoms with Crippen molar-refractivity contribution in [1.29, 1.82) is 0 Å². The molecular weight excluding hydrogens is 260 g/mol. The van der Waals surface area contributed by atoms with Crippen LogP contribution in [0.5, 0.6) is 0 Å². The van der Waals surface area contributed by atoms with Crippen LogP contribution in [0.15, 0.2) is 29.2 Å². The lowest BCUT2D eigenvalue weighted by Crippen LogP contribution is -2.35. The van der Waals surface area contributed by atoms with Gasteiger partial charge in [0.2, 0.25) is 5.91 Å². The van der Waals surface area contributed by atoms with Crippen molar-refractivity contribution < 1.29 is 9.59 Å². The van der Waals surface area contributed by atoms with Crippen LogP contribution in [0.2, 0.25) is 0 Å². The molecule has 0 spiro atoms. The first-order valence-corrected chi connectivity index (χ1v) is 6.78. The molecule has 2 amide bonds. The number of hydrogen-bond acceptors (Lipinski definition) is 3. The summed E-state index contributed by atoms with van der Waals surface area (Å²) in [5.74, 6) is 0.174. The van der Waals surface area contributed by atoms with Crippen LogP contribution < -0.4 is 10.6 Å². The van der Waals surface area contributed by atoms with E-state index in [9.17, 15) is 9.59 Å². The molecule has 1 rings (SSSR count). The second kappa shape index (κ2) is 7.84. The maximum atomic E-state index is 11.8. The Hall–Kier alpha value is -1.49. The van der Waals surface area contributed by atoms with Crippen molar-refractivity contribution in [3.8, 4) is 0 Å². The number of rotatable bonds is 6. The van der Waals surface area contributed by atoms with Gasteiger partial charge in [-0.1, -0.05) is 26.0 Å². The molecule has 2 N–H and O–H groups in total. The van der Waals surface area contributed by atoms with Crippen molar-refractivity contribution in [2.75, 3.05) is 13.1 Å². The maximum Gasteiger partial charge on any atom is 0.252 e. The average Bonchev–Trinajstić information content (AvgIpc) is 2.34. The highest BCUT2D eigenvalue weighted by molar-refractivity contribution is 7.80. The van der Waals surface area contributed by atoms with Crippen LogP contribution in [-0.2, 0) is 4.79 Å². The van der Waals surface area contributed by atoms with Gasteiger partial charge >= 0.3 is 0 Å². The topological polar surface area (TPSA) is 58.2 Å². The third-order valence-corrected chi connectivity index (χ3v) is 2.87. The largest absolute Gasteiger partial charge is 0.354 e. The van der Waals surface area contributed by atoms with Gasteiger partial charge in [-0.25, -0.2) is 0 Å². The van der Waals surface area contributed by atoms with E-state index in [1.807, 2.05) is 19.9 Å². The van der Waals surface area contributed by atoms with Gasteiger partial charge < -0.3 is 10.6 Å². The van der Waals surface area contributed by atoms with Crippen molar-refractivity contribution >= 4 is 24.4 Å². The van der Waals surface area contributed by atoms with E-state index < -0.39 is 0 Å². The van der Waals surface area contributed by atoms with Gasteiger partial charge in [-0.15, -0.1) is 12.6 Å². The number of carbonyl (C=O) groups is 2. The molecule has 1 aromatic carbocycles. The number of carbonyl (C=O) groups excluding carboxylic acids is 2. The predicted octanol–water partition coefficient (Wildman–Crippen LogP) is 1.87. The lowest BCUT2D eigenvalue weighted by atomic mass is 10.1. The third kappa shape index (κ3) is 5.79. The summed E-state index contributed by atoms with van der Waals surface area (Å²) < 4.78 is 0. The molecule has 0 heterocycles. The second-order valence-electron chi connectivity index (χ2n) is 4.72. The quantitative estimate of drug-likeness (QED) is 0.550. The fourth-order valence-corrected chi connectivity index (χ4v) is 1.84. The maximum absolute atomic E-state index is 11.8. The summed E-state index contributed by atoms with van der Waals surface area (Å²) in [7, 11) is 0. The van der Waals surface area contributed by atoms with E-state index in [0.717, 1.165) is 0 Å². The van der Waals surface area contributed by atoms with Crippen molar-refractivity contribution in [3.63, 3.8) is 0 Å². The van der Waals surface area contributed by atoms with E-state index in [4.69, 9.17) is 0 Å². The minimum Gasteiger partial charge on any atom is -0.354 e. The van der Waals surface area contributed by atoms with E-state index in [0.29, 0.717) is 35.9 Å². The zero-order valence-electron chi connectivity index (χ0n) is 11.3. The Balaban J connectivity index is 2.29. The number of amides is 2. The molecule has 0 aliphatic heterocycles. The van der Waals surface area contributed by atoms with Gasteiger partial charge in [-0.05, 0) is 18.1 Å². The normalized spacial score (nSPS) is 10.3. The molecule has 0 bridgehead atoms. The Morgan fingerprint density at radius 3 is 2.42 bits per heavy atom. The number of hydrogen-bond donors (Lipinski definition) is 3. The predicted molar refractivity (Wildman–Crippen MR) is 78.5 cm³/mol. The van der Waals surface area contributed by atoms with Gasteiger partial charge in [0.05, 0.1) is 5.56 Å². The standard InChI is InChI=1S/C14H20N2O2S/c1-10(2)9-13(17)15-7-8-16-14(18)11-5-3-4-6-12(11)19/h3-6,10,19H,7-9H2,1-2H3,(H,15,17)(H,16,18). The summed E-state index contributed by atoms with van der Waals surface area (Å²) in [6.45, 7) is 4.83. The smallest absolute Gasteiger partial charge is 0.252 e. The summed E-state index contributed by atoms with van der Waals surface area (Å²) in [5.41, 5.74) is 0.541. The molecule has 4 nitrogen and oxygen atoms in total. The molecule has 1 aromatic rings. The van der Waals surface area contributed by atoms with Crippen LogP contribution in [0.3, 0.4) is 0 Å². The molecule has 0 aliphatic carbocycles. The van der Waals surface area contributed by atoms with Crippen LogP contribution in [0, 0.1) is 5.92 Å². The number of nitrogens with one attached hydrogen (secondary N) is 2. The minimum atomic E-state index is -0.177. The van der Waals surface area contributed by atoms with E-state index in [2.05, 4.69) is 23.3 Å². The first-order valence-electron chi connectivity index (χ1n) is 6.33. The molecule has 19 heavy (non-hydrogen) atoms. The lowest BCUT2D eigenvalue weighted by Gasteiger charge is -2.09. The Morgan fingerprint density at radius 1 is 1.16 bits per heavy atom. The molecule has 0 fully saturated rings. The second-order valence-corrected chi connectivity index (χ2v) is 5.20. The van der Waals surface area contributed by atoms with Gasteiger partial charge in [0.1, 0.15) is 0 Å². The van der Waals surface area contributed by atoms with Crippen LogP contribution in [-0.4, -0.2) is 24.9 Å². The SMILES string of the molecule is CC(C)CC(=O)NCCNC(=O)c1ccccc1S. The molecular formula is C14H20N2O2S. The molecule has 0 radical (unpaired) electrons. The van der Waals surface area contributed by atoms with E-state index in [1.165, 1.54) is 0 Å². The first kappa shape index (κ1) is 15.6. The monoisotopic (exact) mass is 280 g/mol. The number of thiol groups is 1. The highest BCUT2D eigenvalue weighted by atomic mass is 32.1. The Bertz CT molecular complexity index is 447. The highest BCUT2D eigenvalue weighted by Gasteiger charge is 2.08. The minimum absolute atomic E-state index is 0.0128. The van der Waals surface area contributed by atoms with Crippen LogP contribution in [0.1, 0.15) is 30.6 Å². The molecule has 0 saturated heterocycles. The van der Waals surface area contributed by atoms with Gasteiger partial charge in [0.25, 0.3) is 5.91 Å². The van der Waals surface area contributed by atoms with E-state index in [1.54, 1.807) is 18.2 Å². The fourth-order valence-electron chi connectivity index (χ4n) is 1.58. The summed E-state index contributed by atoms with van der Waals surface area (Å²) in [6.07, 6.45) is 0.507. The van der Waals surface area contributed by atoms with Crippen LogP contribution >= 0.6 is 12.6 Å². The van der Waals surface area contributed by atoms with Gasteiger partial charge in [0, 0.05) is 24.4 Å². The van der Waals surface area contributed by atoms with E-state index in [-0.39, 0.29) is 11.8 Å². The zero-order chi connectivity index (χ0) is 14.3. The van der Waals surface area contributed by atoms with Crippen molar-refractivity contribution in [2.45, 2.75) is 25.2 Å². The zero-order valence-corrected chi connectivity index (χ0v) is 12.2. The first-order chi connectivity index (χ1) is 9.00. The third-order valence-electron chi connectivity index (χ3n) is 2.48. The highest BCUT2D eigenvalue weighted by Crippen LogP contribution is 2.12. The summed E-state index contributed by atoms with van der Waals surface area (Å²) in [5, 5.41) is 5.51. The summed E-state index contributed by atoms with van der Waals surface area (Å²) in [4.78, 5) is 23.8. The summed E-state index contributed by atoms with van der Waals surface area (Å²) >= 11 is 4.22. The lowest BCUT2D eigenvalue weighted by molar-refractivity contribution is -0.121. The van der Waals surface area contributed by atoms with Crippen molar-refractivity contribution in [3.05, 3.63) is 29.8 Å². The molecule has 0 aliphatic rings. The Kier molecular flexibility index (Phi) is 6.42. The van der Waals surface area contributed by atoms with Crippen molar-refractivity contribution in [1.82, 2.24) is 10.6 Å². The number of benzene rings is 1. The van der Waals surface area contributed by atoms with Crippen molar-refractivity contribution in [2.24, 2.45) is 5.92 Å². The molecule has 0 aromatic heterocycles. The molecule has 0 atom stereocenters. The summed E-state index contributed by atoms with van der Waals surface area (Å²) in [6, 6.07) is 7.10. The Labute approximate surface area is 119 Å². The van der Waals surface area contributed by atoms with Gasteiger partial charge in [-0.2, -0.15) is 0 Å².